The monoisotopic (exact) mass is 444 g/mol. The van der Waals surface area contributed by atoms with Crippen molar-refractivity contribution in [2.45, 2.75) is 20.5 Å². The highest BCUT2D eigenvalue weighted by molar-refractivity contribution is 7.71. The van der Waals surface area contributed by atoms with Gasteiger partial charge in [0.2, 0.25) is 4.77 Å². The van der Waals surface area contributed by atoms with Crippen molar-refractivity contribution >= 4 is 30.0 Å². The molecule has 1 aromatic carbocycles. The van der Waals surface area contributed by atoms with Crippen molar-refractivity contribution in [1.82, 2.24) is 34.0 Å². The molecule has 158 valence electrons. The molecule has 0 radical (unpaired) electrons. The van der Waals surface area contributed by atoms with Crippen LogP contribution in [-0.4, -0.2) is 73.5 Å². The van der Waals surface area contributed by atoms with Crippen molar-refractivity contribution in [3.05, 3.63) is 57.3 Å². The fourth-order valence-corrected chi connectivity index (χ4v) is 4.02. The fourth-order valence-electron chi connectivity index (χ4n) is 3.42. The van der Waals surface area contributed by atoms with Crippen molar-refractivity contribution in [2.24, 2.45) is 5.10 Å². The van der Waals surface area contributed by atoms with Gasteiger partial charge in [-0.3, -0.25) is 4.90 Å². The van der Waals surface area contributed by atoms with Gasteiger partial charge in [-0.05, 0) is 45.2 Å². The highest BCUT2D eigenvalue weighted by Crippen LogP contribution is 2.22. The van der Waals surface area contributed by atoms with E-state index in [0.29, 0.717) is 16.6 Å². The van der Waals surface area contributed by atoms with Crippen LogP contribution in [0.5, 0.6) is 0 Å². The van der Waals surface area contributed by atoms with Crippen molar-refractivity contribution in [3.8, 4) is 5.69 Å². The van der Waals surface area contributed by atoms with Crippen LogP contribution in [0.3, 0.4) is 0 Å². The summed E-state index contributed by atoms with van der Waals surface area (Å²) >= 11 is 12.2. The van der Waals surface area contributed by atoms with Gasteiger partial charge in [-0.25, -0.2) is 9.36 Å². The number of likely N-dealkylation sites (N-methyl/N-ethyl adjacent to an activating group) is 1. The number of rotatable bonds is 5. The Hall–Kier alpha value is -2.33. The summed E-state index contributed by atoms with van der Waals surface area (Å²) in [4.78, 5) is 4.67. The van der Waals surface area contributed by atoms with Crippen LogP contribution in [-0.2, 0) is 6.67 Å². The van der Waals surface area contributed by atoms with Gasteiger partial charge in [0.25, 0.3) is 0 Å². The average Bonchev–Trinajstić information content (AvgIpc) is 3.17. The summed E-state index contributed by atoms with van der Waals surface area (Å²) in [7, 11) is 2.14. The number of para-hydroxylation sites is 1. The van der Waals surface area contributed by atoms with Crippen molar-refractivity contribution in [1.29, 1.82) is 0 Å². The predicted octanol–water partition coefficient (Wildman–Crippen LogP) is 2.96. The average molecular weight is 445 g/mol. The summed E-state index contributed by atoms with van der Waals surface area (Å²) in [6, 6.07) is 9.78. The fraction of sp³-hybridized carbons (Fsp3) is 0.400. The van der Waals surface area contributed by atoms with E-state index < -0.39 is 0 Å². The minimum Gasteiger partial charge on any atom is -0.304 e. The summed E-state index contributed by atoms with van der Waals surface area (Å²) in [6.07, 6.45) is 1.70. The predicted molar refractivity (Wildman–Crippen MR) is 121 cm³/mol. The smallest absolute Gasteiger partial charge is 0.220 e. The summed E-state index contributed by atoms with van der Waals surface area (Å²) in [5.74, 6) is 0.731. The molecule has 8 nitrogen and oxygen atoms in total. The molecule has 1 fully saturated rings. The molecule has 0 amide bonds. The number of hydrogen-bond donors (Lipinski definition) is 0. The van der Waals surface area contributed by atoms with Gasteiger partial charge in [-0.1, -0.05) is 29.8 Å². The molecule has 30 heavy (non-hydrogen) atoms. The number of benzene rings is 1. The van der Waals surface area contributed by atoms with E-state index in [9.17, 15) is 0 Å². The van der Waals surface area contributed by atoms with E-state index in [-0.39, 0.29) is 0 Å². The Kier molecular flexibility index (Phi) is 6.14. The third kappa shape index (κ3) is 4.24. The van der Waals surface area contributed by atoms with Gasteiger partial charge < -0.3 is 4.90 Å². The van der Waals surface area contributed by atoms with Crippen molar-refractivity contribution < 1.29 is 0 Å². The number of halogens is 1. The van der Waals surface area contributed by atoms with Gasteiger partial charge in [-0.2, -0.15) is 20.0 Å². The van der Waals surface area contributed by atoms with E-state index in [2.05, 4.69) is 32.1 Å². The Bertz CT molecular complexity index is 1110. The van der Waals surface area contributed by atoms with Gasteiger partial charge in [0.15, 0.2) is 5.82 Å². The lowest BCUT2D eigenvalue weighted by Gasteiger charge is -2.31. The lowest BCUT2D eigenvalue weighted by Crippen LogP contribution is -2.45. The minimum absolute atomic E-state index is 0.511. The molecule has 0 spiro atoms. The number of piperazine rings is 1. The minimum atomic E-state index is 0.511. The third-order valence-corrected chi connectivity index (χ3v) is 6.00. The van der Waals surface area contributed by atoms with E-state index in [1.807, 2.05) is 48.9 Å². The number of aromatic nitrogens is 5. The first-order chi connectivity index (χ1) is 14.4. The summed E-state index contributed by atoms with van der Waals surface area (Å²) in [5.41, 5.74) is 2.45. The molecular formula is C20H25ClN8S. The summed E-state index contributed by atoms with van der Waals surface area (Å²) in [6.45, 7) is 8.58. The van der Waals surface area contributed by atoms with Crippen LogP contribution >= 0.6 is 23.8 Å². The topological polar surface area (TPSA) is 59.4 Å². The number of aryl methyl sites for hydroxylation is 2. The molecule has 0 atom stereocenters. The molecule has 3 heterocycles. The van der Waals surface area contributed by atoms with Crippen LogP contribution < -0.4 is 0 Å². The molecule has 1 aliphatic rings. The largest absolute Gasteiger partial charge is 0.304 e. The van der Waals surface area contributed by atoms with Crippen LogP contribution in [0.25, 0.3) is 5.69 Å². The number of nitrogens with zero attached hydrogens (tertiary/aromatic N) is 8. The molecule has 0 aliphatic carbocycles. The van der Waals surface area contributed by atoms with E-state index >= 15 is 0 Å². The maximum Gasteiger partial charge on any atom is 0.220 e. The molecule has 4 rings (SSSR count). The van der Waals surface area contributed by atoms with Gasteiger partial charge in [-0.15, -0.1) is 0 Å². The molecule has 10 heteroatoms. The lowest BCUT2D eigenvalue weighted by atomic mass is 10.3. The van der Waals surface area contributed by atoms with E-state index in [1.54, 1.807) is 15.6 Å². The van der Waals surface area contributed by atoms with E-state index in [1.165, 1.54) is 0 Å². The van der Waals surface area contributed by atoms with Crippen LogP contribution in [0.1, 0.15) is 17.1 Å². The SMILES string of the molecule is Cc1nn(-c2ccccc2)c(Cl)c1/C=N/n1c(C)nn(CN2CCN(C)CC2)c1=S. The Labute approximate surface area is 186 Å². The quantitative estimate of drug-likeness (QED) is 0.447. The molecule has 0 N–H and O–H groups in total. The van der Waals surface area contributed by atoms with Gasteiger partial charge in [0.05, 0.1) is 29.8 Å². The van der Waals surface area contributed by atoms with Gasteiger partial charge >= 0.3 is 0 Å². The number of hydrogen-bond acceptors (Lipinski definition) is 6. The van der Waals surface area contributed by atoms with Crippen LogP contribution in [0.4, 0.5) is 0 Å². The summed E-state index contributed by atoms with van der Waals surface area (Å²) < 4.78 is 5.77. The van der Waals surface area contributed by atoms with Crippen LogP contribution in [0, 0.1) is 18.6 Å². The van der Waals surface area contributed by atoms with Gasteiger partial charge in [0, 0.05) is 26.2 Å². The van der Waals surface area contributed by atoms with E-state index in [4.69, 9.17) is 23.8 Å². The maximum absolute atomic E-state index is 6.60. The Balaban J connectivity index is 1.57. The first-order valence-corrected chi connectivity index (χ1v) is 10.6. The Morgan fingerprint density at radius 2 is 1.80 bits per heavy atom. The first kappa shape index (κ1) is 20.9. The second-order valence-electron chi connectivity index (χ2n) is 7.49. The van der Waals surface area contributed by atoms with E-state index in [0.717, 1.165) is 48.9 Å². The molecule has 0 saturated carbocycles. The second-order valence-corrected chi connectivity index (χ2v) is 8.21. The van der Waals surface area contributed by atoms with Crippen LogP contribution in [0.2, 0.25) is 5.15 Å². The summed E-state index contributed by atoms with van der Waals surface area (Å²) in [5, 5.41) is 14.2. The highest BCUT2D eigenvalue weighted by Gasteiger charge is 2.17. The zero-order valence-electron chi connectivity index (χ0n) is 17.4. The van der Waals surface area contributed by atoms with Crippen molar-refractivity contribution in [3.63, 3.8) is 0 Å². The maximum atomic E-state index is 6.60. The molecule has 2 aromatic heterocycles. The lowest BCUT2D eigenvalue weighted by molar-refractivity contribution is 0.118. The molecule has 0 bridgehead atoms. The van der Waals surface area contributed by atoms with Crippen molar-refractivity contribution in [2.75, 3.05) is 33.2 Å². The molecular weight excluding hydrogens is 420 g/mol. The standard InChI is InChI=1S/C20H25ClN8S/c1-15-18(19(21)29(23-15)17-7-5-4-6-8-17)13-22-28-16(2)24-27(20(28)30)14-26-11-9-25(3)10-12-26/h4-8,13H,9-12,14H2,1-3H3/b22-13+. The van der Waals surface area contributed by atoms with Gasteiger partial charge in [0.1, 0.15) is 5.15 Å². The normalized spacial score (nSPS) is 16.0. The first-order valence-electron chi connectivity index (χ1n) is 9.86. The molecule has 1 saturated heterocycles. The third-order valence-electron chi connectivity index (χ3n) is 5.25. The Morgan fingerprint density at radius 1 is 1.10 bits per heavy atom. The highest BCUT2D eigenvalue weighted by atomic mass is 35.5. The second kappa shape index (κ2) is 8.81. The molecule has 3 aromatic rings. The Morgan fingerprint density at radius 3 is 2.50 bits per heavy atom. The zero-order valence-corrected chi connectivity index (χ0v) is 18.9. The zero-order chi connectivity index (χ0) is 21.3. The molecule has 1 aliphatic heterocycles. The molecule has 0 unspecified atom stereocenters. The van der Waals surface area contributed by atoms with Crippen LogP contribution in [0.15, 0.2) is 35.4 Å².